The van der Waals surface area contributed by atoms with Crippen LogP contribution < -0.4 is 24.8 Å². The van der Waals surface area contributed by atoms with E-state index in [1.54, 1.807) is 0 Å². The Labute approximate surface area is 102 Å². The van der Waals surface area contributed by atoms with E-state index < -0.39 is 0 Å². The number of allylic oxidation sites excluding steroid dienone is 4. The molecule has 0 aromatic heterocycles. The molecule has 0 aromatic carbocycles. The number of hydrogen-bond acceptors (Lipinski definition) is 0. The van der Waals surface area contributed by atoms with Crippen molar-refractivity contribution in [3.63, 3.8) is 0 Å². The van der Waals surface area contributed by atoms with Crippen LogP contribution in [-0.4, -0.2) is 0 Å². The topological polar surface area (TPSA) is 0 Å². The Morgan fingerprint density at radius 1 is 0.923 bits per heavy atom. The van der Waals surface area contributed by atoms with Crippen molar-refractivity contribution in [2.75, 3.05) is 0 Å². The first kappa shape index (κ1) is 16.0. The molecule has 1 rings (SSSR count). The van der Waals surface area contributed by atoms with Crippen LogP contribution in [0, 0.1) is 5.41 Å². The van der Waals surface area contributed by atoms with Crippen molar-refractivity contribution in [2.45, 2.75) is 34.6 Å². The zero-order chi connectivity index (χ0) is 8.81. The second-order valence-electron chi connectivity index (χ2n) is 3.83. The molecule has 0 aromatic rings. The third kappa shape index (κ3) is 2.34. The third-order valence-electron chi connectivity index (χ3n) is 2.97. The maximum absolute atomic E-state index is 3.18. The summed E-state index contributed by atoms with van der Waals surface area (Å²) in [5.41, 5.74) is 4.66. The number of rotatable bonds is 0. The van der Waals surface area contributed by atoms with E-state index in [4.69, 9.17) is 0 Å². The van der Waals surface area contributed by atoms with Gasteiger partial charge in [0.25, 0.3) is 0 Å². The van der Waals surface area contributed by atoms with E-state index in [1.165, 1.54) is 21.2 Å². The van der Waals surface area contributed by atoms with Gasteiger partial charge in [-0.2, -0.15) is 0 Å². The molecule has 75 valence electrons. The van der Waals surface area contributed by atoms with Gasteiger partial charge in [-0.3, -0.25) is 0 Å². The molecule has 0 heterocycles. The Hall–Kier alpha value is 0.592. The van der Waals surface area contributed by atoms with E-state index in [-0.39, 0.29) is 30.2 Å². The van der Waals surface area contributed by atoms with Crippen molar-refractivity contribution in [1.29, 1.82) is 0 Å². The summed E-state index contributed by atoms with van der Waals surface area (Å²) in [5, 5.41) is 0. The van der Waals surface area contributed by atoms with Gasteiger partial charge in [-0.1, -0.05) is 0 Å². The van der Waals surface area contributed by atoms with Crippen LogP contribution in [0.25, 0.3) is 0 Å². The zero-order valence-electron chi connectivity index (χ0n) is 8.66. The van der Waals surface area contributed by atoms with Crippen molar-refractivity contribution < 1.29 is 41.1 Å². The molecule has 0 bridgehead atoms. The van der Waals surface area contributed by atoms with E-state index in [1.807, 2.05) is 0 Å². The Morgan fingerprint density at radius 2 is 1.31 bits per heavy atom. The second-order valence-corrected chi connectivity index (χ2v) is 4.47. The van der Waals surface area contributed by atoms with E-state index in [0.717, 1.165) is 0 Å². The summed E-state index contributed by atoms with van der Waals surface area (Å²) in [6.07, 6.45) is 0. The van der Waals surface area contributed by atoms with Crippen LogP contribution in [0.2, 0.25) is 0 Å². The molecule has 0 fully saturated rings. The van der Waals surface area contributed by atoms with Crippen LogP contribution in [0.1, 0.15) is 34.6 Å². The fourth-order valence-corrected chi connectivity index (χ4v) is 2.04. The van der Waals surface area contributed by atoms with Gasteiger partial charge in [-0.25, -0.2) is 0 Å². The molecule has 0 saturated heterocycles. The molecule has 0 N–H and O–H groups in total. The van der Waals surface area contributed by atoms with Crippen molar-refractivity contribution in [2.24, 2.45) is 5.41 Å². The van der Waals surface area contributed by atoms with Gasteiger partial charge in [0, 0.05) is 0 Å². The summed E-state index contributed by atoms with van der Waals surface area (Å²) in [7, 11) is 0. The van der Waals surface area contributed by atoms with Crippen LogP contribution in [0.15, 0.2) is 21.2 Å². The Kier molecular flexibility index (Phi) is 6.04. The third-order valence-corrected chi connectivity index (χ3v) is 4.25. The molecule has 0 spiro atoms. The Balaban J connectivity index is 0. The summed E-state index contributed by atoms with van der Waals surface area (Å²) in [4.78, 5) is 0. The van der Waals surface area contributed by atoms with Gasteiger partial charge < -0.3 is 24.8 Å². The fraction of sp³-hybridized carbons (Fsp3) is 0.600. The summed E-state index contributed by atoms with van der Waals surface area (Å²) in [5.74, 6) is 0. The minimum Gasteiger partial charge on any atom is -1.00 e. The minimum absolute atomic E-state index is 0. The summed E-state index contributed by atoms with van der Waals surface area (Å²) in [6.45, 7) is 11.2. The second kappa shape index (κ2) is 4.90. The maximum atomic E-state index is 3.18. The average molecular weight is 258 g/mol. The Bertz CT molecular complexity index is 236. The zero-order valence-corrected chi connectivity index (χ0v) is 11.5. The standard InChI is InChI=1S/C10H15.2ClH.Cr/c1-7-6-10(4,5)9(3)8(7)2;;;/h1-5H3;2*1H;/q;;;+2/p-2. The van der Waals surface area contributed by atoms with Crippen molar-refractivity contribution in [3.8, 4) is 0 Å². The van der Waals surface area contributed by atoms with Gasteiger partial charge in [-0.05, 0) is 0 Å². The summed E-state index contributed by atoms with van der Waals surface area (Å²) in [6, 6.07) is 0. The van der Waals surface area contributed by atoms with Gasteiger partial charge in [0.05, 0.1) is 0 Å². The minimum atomic E-state index is 0. The van der Waals surface area contributed by atoms with Crippen LogP contribution in [0.5, 0.6) is 0 Å². The SMILES string of the molecule is CC1=C(C)C(C)(C)[C]([Cr+2])=C1C.[Cl-].[Cl-]. The normalized spacial score (nSPS) is 19.7. The predicted molar refractivity (Wildman–Crippen MR) is 44.9 cm³/mol. The molecule has 0 radical (unpaired) electrons. The first-order chi connectivity index (χ1) is 4.89. The largest absolute Gasteiger partial charge is 1.00 e. The van der Waals surface area contributed by atoms with Gasteiger partial charge in [-0.15, -0.1) is 0 Å². The van der Waals surface area contributed by atoms with Crippen molar-refractivity contribution in [1.82, 2.24) is 0 Å². The summed E-state index contributed by atoms with van der Waals surface area (Å²) < 4.78 is 1.41. The fourth-order valence-electron chi connectivity index (χ4n) is 1.56. The average Bonchev–Trinajstić information content (AvgIpc) is 2.06. The predicted octanol–water partition coefficient (Wildman–Crippen LogP) is -2.81. The first-order valence-corrected chi connectivity index (χ1v) is 4.59. The first-order valence-electron chi connectivity index (χ1n) is 3.95. The smallest absolute Gasteiger partial charge is 1.00 e. The van der Waals surface area contributed by atoms with Gasteiger partial charge in [0.2, 0.25) is 0 Å². The molecule has 0 aliphatic heterocycles. The molecular formula is C10H15Cl2Cr. The van der Waals surface area contributed by atoms with Crippen LogP contribution >= 0.6 is 0 Å². The van der Waals surface area contributed by atoms with Crippen LogP contribution in [0.4, 0.5) is 0 Å². The Morgan fingerprint density at radius 3 is 1.38 bits per heavy atom. The van der Waals surface area contributed by atoms with E-state index in [0.29, 0.717) is 0 Å². The van der Waals surface area contributed by atoms with Crippen molar-refractivity contribution >= 4 is 0 Å². The molecule has 13 heavy (non-hydrogen) atoms. The quantitative estimate of drug-likeness (QED) is 0.440. The van der Waals surface area contributed by atoms with E-state index in [2.05, 4.69) is 50.9 Å². The molecule has 3 heteroatoms. The van der Waals surface area contributed by atoms with Crippen LogP contribution in [-0.2, 0) is 16.3 Å². The molecule has 0 nitrogen and oxygen atoms in total. The van der Waals surface area contributed by atoms with E-state index >= 15 is 0 Å². The maximum Gasteiger partial charge on any atom is -1.00 e. The summed E-state index contributed by atoms with van der Waals surface area (Å²) >= 11 is 3.18. The van der Waals surface area contributed by atoms with Crippen LogP contribution in [0.3, 0.4) is 0 Å². The molecule has 0 unspecified atom stereocenters. The van der Waals surface area contributed by atoms with Gasteiger partial charge in [0.1, 0.15) is 0 Å². The van der Waals surface area contributed by atoms with E-state index in [9.17, 15) is 0 Å². The molecule has 0 amide bonds. The number of hydrogen-bond donors (Lipinski definition) is 0. The monoisotopic (exact) mass is 257 g/mol. The van der Waals surface area contributed by atoms with Crippen molar-refractivity contribution in [3.05, 3.63) is 21.2 Å². The molecule has 0 atom stereocenters. The number of halogens is 2. The van der Waals surface area contributed by atoms with Gasteiger partial charge in [0.15, 0.2) is 0 Å². The molecule has 1 aliphatic rings. The molecular weight excluding hydrogens is 243 g/mol. The molecule has 0 saturated carbocycles. The van der Waals surface area contributed by atoms with Gasteiger partial charge >= 0.3 is 77.5 Å². The molecule has 1 aliphatic carbocycles.